The summed E-state index contributed by atoms with van der Waals surface area (Å²) in [4.78, 5) is 36.8. The summed E-state index contributed by atoms with van der Waals surface area (Å²) in [7, 11) is 1.15. The van der Waals surface area contributed by atoms with Crippen LogP contribution in [0.15, 0.2) is 30.3 Å². The fourth-order valence-corrected chi connectivity index (χ4v) is 2.65. The maximum atomic E-state index is 15.9. The topological polar surface area (TPSA) is 78.9 Å². The maximum Gasteiger partial charge on any atom is 0.356 e. The third-order valence-electron chi connectivity index (χ3n) is 3.81. The minimum absolute atomic E-state index is 0.127. The highest BCUT2D eigenvalue weighted by Gasteiger charge is 2.59. The Kier molecular flexibility index (Phi) is 7.54. The molecule has 0 saturated carbocycles. The summed E-state index contributed by atoms with van der Waals surface area (Å²) in [6.07, 6.45) is 0. The lowest BCUT2D eigenvalue weighted by atomic mass is 9.75. The van der Waals surface area contributed by atoms with Crippen molar-refractivity contribution in [2.75, 3.05) is 20.3 Å². The van der Waals surface area contributed by atoms with Crippen molar-refractivity contribution in [3.05, 3.63) is 35.9 Å². The molecule has 0 aliphatic carbocycles. The third kappa shape index (κ3) is 4.35. The molecule has 0 heterocycles. The predicted molar refractivity (Wildman–Crippen MR) is 87.5 cm³/mol. The number of hydrogen-bond donors (Lipinski definition) is 0. The van der Waals surface area contributed by atoms with Crippen molar-refractivity contribution < 1.29 is 33.0 Å². The lowest BCUT2D eigenvalue weighted by Gasteiger charge is -2.32. The second kappa shape index (κ2) is 9.15. The van der Waals surface area contributed by atoms with Crippen molar-refractivity contribution in [2.24, 2.45) is 5.92 Å². The number of carbonyl (C=O) groups is 3. The number of halogens is 1. The van der Waals surface area contributed by atoms with Gasteiger partial charge >= 0.3 is 23.6 Å². The molecule has 138 valence electrons. The van der Waals surface area contributed by atoms with Crippen LogP contribution < -0.4 is 0 Å². The number of benzene rings is 1. The van der Waals surface area contributed by atoms with Gasteiger partial charge in [-0.1, -0.05) is 37.3 Å². The molecule has 2 atom stereocenters. The second-order valence-electron chi connectivity index (χ2n) is 5.35. The van der Waals surface area contributed by atoms with Gasteiger partial charge in [0.15, 0.2) is 0 Å². The molecule has 0 saturated heterocycles. The molecule has 0 spiro atoms. The molecule has 25 heavy (non-hydrogen) atoms. The van der Waals surface area contributed by atoms with E-state index in [-0.39, 0.29) is 18.8 Å². The van der Waals surface area contributed by atoms with Gasteiger partial charge in [0.1, 0.15) is 0 Å². The minimum atomic E-state index is -3.18. The van der Waals surface area contributed by atoms with Crippen LogP contribution in [0.5, 0.6) is 0 Å². The Hall–Kier alpha value is -2.44. The zero-order valence-corrected chi connectivity index (χ0v) is 14.8. The highest BCUT2D eigenvalue weighted by atomic mass is 19.1. The quantitative estimate of drug-likeness (QED) is 0.405. The molecule has 7 heteroatoms. The molecule has 0 aliphatic rings. The molecule has 0 fully saturated rings. The van der Waals surface area contributed by atoms with E-state index >= 15 is 4.39 Å². The number of alkyl halides is 1. The van der Waals surface area contributed by atoms with Gasteiger partial charge in [0.05, 0.1) is 32.2 Å². The SMILES string of the molecule is CCOC(=O)C(F)(C(=O)OCC)[C@H](c1ccccc1)[C@H](C)C(=O)OC. The van der Waals surface area contributed by atoms with Gasteiger partial charge in [-0.25, -0.2) is 14.0 Å². The summed E-state index contributed by atoms with van der Waals surface area (Å²) in [6.45, 7) is 4.11. The van der Waals surface area contributed by atoms with Crippen molar-refractivity contribution in [3.63, 3.8) is 0 Å². The molecule has 0 bridgehead atoms. The average molecular weight is 354 g/mol. The molecule has 6 nitrogen and oxygen atoms in total. The van der Waals surface area contributed by atoms with Gasteiger partial charge in [-0.05, 0) is 19.4 Å². The van der Waals surface area contributed by atoms with Crippen LogP contribution in [-0.4, -0.2) is 43.9 Å². The van der Waals surface area contributed by atoms with Crippen molar-refractivity contribution >= 4 is 17.9 Å². The van der Waals surface area contributed by atoms with E-state index in [4.69, 9.17) is 9.47 Å². The molecule has 1 rings (SSSR count). The Bertz CT molecular complexity index is 583. The van der Waals surface area contributed by atoms with Crippen LogP contribution in [0.25, 0.3) is 0 Å². The fraction of sp³-hybridized carbons (Fsp3) is 0.500. The molecule has 0 amide bonds. The monoisotopic (exact) mass is 354 g/mol. The van der Waals surface area contributed by atoms with Gasteiger partial charge in [-0.2, -0.15) is 0 Å². The van der Waals surface area contributed by atoms with E-state index in [0.717, 1.165) is 7.11 Å². The van der Waals surface area contributed by atoms with Crippen molar-refractivity contribution in [3.8, 4) is 0 Å². The van der Waals surface area contributed by atoms with Crippen molar-refractivity contribution in [1.82, 2.24) is 0 Å². The lowest BCUT2D eigenvalue weighted by Crippen LogP contribution is -2.52. The van der Waals surface area contributed by atoms with Gasteiger partial charge in [0.2, 0.25) is 0 Å². The zero-order valence-electron chi connectivity index (χ0n) is 14.8. The van der Waals surface area contributed by atoms with Crippen LogP contribution in [0.3, 0.4) is 0 Å². The highest BCUT2D eigenvalue weighted by molar-refractivity contribution is 6.05. The minimum Gasteiger partial charge on any atom is -0.469 e. The molecule has 0 aliphatic heterocycles. The highest BCUT2D eigenvalue weighted by Crippen LogP contribution is 2.40. The van der Waals surface area contributed by atoms with Gasteiger partial charge < -0.3 is 14.2 Å². The van der Waals surface area contributed by atoms with E-state index in [1.807, 2.05) is 0 Å². The van der Waals surface area contributed by atoms with E-state index in [1.165, 1.54) is 32.9 Å². The summed E-state index contributed by atoms with van der Waals surface area (Å²) in [5.41, 5.74) is -2.90. The summed E-state index contributed by atoms with van der Waals surface area (Å²) in [5.74, 6) is -6.13. The normalized spacial score (nSPS) is 13.5. The van der Waals surface area contributed by atoms with Gasteiger partial charge in [0, 0.05) is 0 Å². The number of esters is 3. The average Bonchev–Trinajstić information content (AvgIpc) is 2.62. The number of hydrogen-bond acceptors (Lipinski definition) is 6. The van der Waals surface area contributed by atoms with E-state index in [1.54, 1.807) is 18.2 Å². The molecular weight excluding hydrogens is 331 g/mol. The number of carbonyl (C=O) groups excluding carboxylic acids is 3. The number of rotatable bonds is 8. The number of methoxy groups -OCH3 is 1. The van der Waals surface area contributed by atoms with Crippen LogP contribution in [0.4, 0.5) is 4.39 Å². The van der Waals surface area contributed by atoms with Crippen LogP contribution in [0.2, 0.25) is 0 Å². The molecule has 0 aromatic heterocycles. The van der Waals surface area contributed by atoms with Crippen molar-refractivity contribution in [2.45, 2.75) is 32.4 Å². The van der Waals surface area contributed by atoms with E-state index in [2.05, 4.69) is 4.74 Å². The lowest BCUT2D eigenvalue weighted by molar-refractivity contribution is -0.179. The van der Waals surface area contributed by atoms with Gasteiger partial charge in [0.25, 0.3) is 0 Å². The molecule has 0 N–H and O–H groups in total. The van der Waals surface area contributed by atoms with E-state index < -0.39 is 35.4 Å². The van der Waals surface area contributed by atoms with Crippen LogP contribution in [0.1, 0.15) is 32.3 Å². The van der Waals surface area contributed by atoms with Crippen LogP contribution in [-0.2, 0) is 28.6 Å². The number of ether oxygens (including phenoxy) is 3. The fourth-order valence-electron chi connectivity index (χ4n) is 2.65. The Labute approximate surface area is 146 Å². The first kappa shape index (κ1) is 20.6. The van der Waals surface area contributed by atoms with Crippen LogP contribution >= 0.6 is 0 Å². The Morgan fingerprint density at radius 2 is 1.52 bits per heavy atom. The molecule has 0 unspecified atom stereocenters. The summed E-state index contributed by atoms with van der Waals surface area (Å²) < 4.78 is 30.1. The van der Waals surface area contributed by atoms with Gasteiger partial charge in [-0.3, -0.25) is 4.79 Å². The third-order valence-corrected chi connectivity index (χ3v) is 3.81. The maximum absolute atomic E-state index is 15.9. The zero-order chi connectivity index (χ0) is 19.0. The molecular formula is C18H23FO6. The molecule has 0 radical (unpaired) electrons. The predicted octanol–water partition coefficient (Wildman–Crippen LogP) is 2.41. The Balaban J connectivity index is 3.54. The molecule has 1 aromatic rings. The smallest absolute Gasteiger partial charge is 0.356 e. The van der Waals surface area contributed by atoms with Gasteiger partial charge in [-0.15, -0.1) is 0 Å². The summed E-state index contributed by atoms with van der Waals surface area (Å²) in [5, 5.41) is 0. The summed E-state index contributed by atoms with van der Waals surface area (Å²) >= 11 is 0. The first-order chi connectivity index (χ1) is 11.8. The Morgan fingerprint density at radius 1 is 1.04 bits per heavy atom. The van der Waals surface area contributed by atoms with Crippen LogP contribution in [0, 0.1) is 5.92 Å². The van der Waals surface area contributed by atoms with E-state index in [0.29, 0.717) is 0 Å². The first-order valence-electron chi connectivity index (χ1n) is 8.00. The standard InChI is InChI=1S/C18H23FO6/c1-5-24-16(21)18(19,17(22)25-6-2)14(12(3)15(20)23-4)13-10-8-7-9-11-13/h7-12,14H,5-6H2,1-4H3/t12-,14-/m0/s1. The van der Waals surface area contributed by atoms with E-state index in [9.17, 15) is 14.4 Å². The second-order valence-corrected chi connectivity index (χ2v) is 5.35. The summed E-state index contributed by atoms with van der Waals surface area (Å²) in [6, 6.07) is 7.97. The Morgan fingerprint density at radius 3 is 1.92 bits per heavy atom. The largest absolute Gasteiger partial charge is 0.469 e. The molecule has 1 aromatic carbocycles. The van der Waals surface area contributed by atoms with Crippen molar-refractivity contribution in [1.29, 1.82) is 0 Å². The first-order valence-corrected chi connectivity index (χ1v) is 8.00.